The molecule has 1 N–H and O–H groups in total. The van der Waals surface area contributed by atoms with Crippen molar-refractivity contribution < 1.29 is 33.4 Å². The Labute approximate surface area is 315 Å². The number of esters is 1. The molecule has 1 amide bonds. The summed E-state index contributed by atoms with van der Waals surface area (Å²) in [6.45, 7) is 10.3. The Hall–Kier alpha value is -4.27. The zero-order valence-electron chi connectivity index (χ0n) is 32.0. The van der Waals surface area contributed by atoms with Gasteiger partial charge in [-0.2, -0.15) is 0 Å². The van der Waals surface area contributed by atoms with E-state index in [4.69, 9.17) is 13.9 Å². The molecule has 0 aromatic heterocycles. The number of nitrogens with zero attached hydrogens (tertiary/aromatic N) is 1. The minimum atomic E-state index is -3.23. The van der Waals surface area contributed by atoms with E-state index in [9.17, 15) is 9.90 Å². The molecule has 0 spiro atoms. The number of rotatable bonds is 14. The number of aliphatic hydroxyl groups excluding tert-OH is 1. The van der Waals surface area contributed by atoms with Crippen LogP contribution in [-0.2, 0) is 30.2 Å². The molecule has 1 saturated heterocycles. The Kier molecular flexibility index (Phi) is 12.3. The summed E-state index contributed by atoms with van der Waals surface area (Å²) in [6, 6.07) is 35.8. The molecule has 1 aliphatic rings. The first kappa shape index (κ1) is 39.9. The monoisotopic (exact) mass is 753 g/mol. The summed E-state index contributed by atoms with van der Waals surface area (Å²) in [5, 5.41) is 12.6. The molecule has 10 heteroatoms. The first-order valence-corrected chi connectivity index (χ1v) is 22.8. The summed E-state index contributed by atoms with van der Waals surface area (Å²) in [7, 11) is -0.783. The summed E-state index contributed by atoms with van der Waals surface area (Å²) in [5.41, 5.74) is 0.920. The maximum absolute atomic E-state index is 15.2. The molecule has 4 aromatic rings. The van der Waals surface area contributed by atoms with E-state index in [1.165, 1.54) is 4.90 Å². The molecule has 1 heterocycles. The normalized spacial score (nSPS) is 17.4. The molecule has 5 rings (SSSR count). The molecule has 0 aliphatic carbocycles. The zero-order valence-corrected chi connectivity index (χ0v) is 33.9. The quantitative estimate of drug-likeness (QED) is 0.0699. The van der Waals surface area contributed by atoms with Gasteiger partial charge in [-0.3, -0.25) is 9.59 Å². The van der Waals surface area contributed by atoms with Crippen molar-refractivity contribution in [3.05, 3.63) is 121 Å². The van der Waals surface area contributed by atoms with Crippen LogP contribution in [-0.4, -0.2) is 67.3 Å². The third-order valence-electron chi connectivity index (χ3n) is 10.8. The second kappa shape index (κ2) is 16.4. The van der Waals surface area contributed by atoms with E-state index in [1.54, 1.807) is 26.2 Å². The molecular weight excluding hydrogens is 702 g/mol. The summed E-state index contributed by atoms with van der Waals surface area (Å²) in [6.07, 6.45) is -0.562. The molecule has 53 heavy (non-hydrogen) atoms. The number of benzene rings is 4. The largest absolute Gasteiger partial charge is 0.497 e. The minimum absolute atomic E-state index is 0.0587. The molecule has 280 valence electrons. The molecular formula is C43H52NO7PSi. The Morgan fingerprint density at radius 2 is 1.28 bits per heavy atom. The lowest BCUT2D eigenvalue weighted by Gasteiger charge is -2.54. The third-order valence-corrected chi connectivity index (χ3v) is 19.7. The molecule has 0 radical (unpaired) electrons. The number of hydrogen-bond donors (Lipinski definition) is 1. The predicted octanol–water partition coefficient (Wildman–Crippen LogP) is 6.30. The molecule has 0 unspecified atom stereocenters. The van der Waals surface area contributed by atoms with Crippen molar-refractivity contribution >= 4 is 54.2 Å². The van der Waals surface area contributed by atoms with Crippen molar-refractivity contribution in [1.29, 1.82) is 0 Å². The van der Waals surface area contributed by atoms with Crippen LogP contribution in [0.15, 0.2) is 115 Å². The molecule has 0 saturated carbocycles. The topological polar surface area (TPSA) is 102 Å². The van der Waals surface area contributed by atoms with Crippen LogP contribution in [0.2, 0.25) is 18.1 Å². The van der Waals surface area contributed by atoms with Crippen molar-refractivity contribution in [2.75, 3.05) is 13.7 Å². The van der Waals surface area contributed by atoms with Crippen LogP contribution in [0, 0.1) is 11.8 Å². The highest BCUT2D eigenvalue weighted by molar-refractivity contribution is 7.96. The number of likely N-dealkylation sites (tertiary alicyclic amines) is 1. The number of amides is 1. The Morgan fingerprint density at radius 1 is 0.811 bits per heavy atom. The van der Waals surface area contributed by atoms with E-state index in [0.29, 0.717) is 5.75 Å². The molecule has 4 atom stereocenters. The number of ketones is 1. The minimum Gasteiger partial charge on any atom is -0.497 e. The molecule has 0 bridgehead atoms. The van der Waals surface area contributed by atoms with E-state index < -0.39 is 57.5 Å². The second-order valence-electron chi connectivity index (χ2n) is 15.1. The Bertz CT molecular complexity index is 1840. The fourth-order valence-electron chi connectivity index (χ4n) is 6.94. The highest BCUT2D eigenvalue weighted by Crippen LogP contribution is 2.51. The standard InChI is InChI=1S/C43H52NO7PSi/c1-30(37(46)28-45)39-38(31(2)51-53(7,8)43(3,4)5)40(47)44(39)41(42(48)50-29-32-24-26-33(49-6)27-25-32)52(34-18-12-9-13-19-34,35-20-14-10-15-21-35)36-22-16-11-17-23-36/h9-27,30-31,38-39,45H,28-29H2,1-8H3/t30-,31+,38+,39+/m0/s1. The highest BCUT2D eigenvalue weighted by Gasteiger charge is 2.59. The highest BCUT2D eigenvalue weighted by atomic mass is 31.2. The van der Waals surface area contributed by atoms with Crippen molar-refractivity contribution in [2.45, 2.75) is 71.5 Å². The van der Waals surface area contributed by atoms with Crippen molar-refractivity contribution in [1.82, 2.24) is 4.90 Å². The summed E-state index contributed by atoms with van der Waals surface area (Å²) < 4.78 is 18.4. The number of β-lactam (4-membered cyclic amide) rings is 1. The van der Waals surface area contributed by atoms with Gasteiger partial charge in [0.15, 0.2) is 14.1 Å². The van der Waals surface area contributed by atoms with Gasteiger partial charge in [-0.25, -0.2) is 4.79 Å². The van der Waals surface area contributed by atoms with Crippen LogP contribution in [0.5, 0.6) is 5.75 Å². The molecule has 1 aliphatic heterocycles. The van der Waals surface area contributed by atoms with Gasteiger partial charge in [-0.05, 0) is 58.7 Å². The number of carbonyl (C=O) groups excluding carboxylic acids is 3. The third kappa shape index (κ3) is 7.85. The van der Waals surface area contributed by atoms with Gasteiger partial charge in [0, 0.05) is 12.8 Å². The molecule has 4 aromatic carbocycles. The average Bonchev–Trinajstić information content (AvgIpc) is 3.16. The van der Waals surface area contributed by atoms with Crippen LogP contribution in [0.25, 0.3) is 0 Å². The SMILES string of the molecule is COc1ccc(COC(=O)C(N2C(=O)[C@H]([C@@H](C)O[Si](C)(C)C(C)(C)C)[C@H]2[C@@H](C)C(=O)CO)=P(c2ccccc2)(c2ccccc2)c2ccccc2)cc1. The average molecular weight is 754 g/mol. The lowest BCUT2D eigenvalue weighted by molar-refractivity contribution is -0.162. The van der Waals surface area contributed by atoms with Crippen LogP contribution in [0.1, 0.15) is 40.2 Å². The summed E-state index contributed by atoms with van der Waals surface area (Å²) >= 11 is 0. The van der Waals surface area contributed by atoms with Crippen molar-refractivity contribution in [3.63, 3.8) is 0 Å². The van der Waals surface area contributed by atoms with E-state index in [-0.39, 0.29) is 23.0 Å². The molecule has 8 nitrogen and oxygen atoms in total. The number of Topliss-reactive ketones (excluding diaryl/α,β-unsaturated/α-hetero) is 1. The van der Waals surface area contributed by atoms with Gasteiger partial charge in [0.05, 0.1) is 25.2 Å². The van der Waals surface area contributed by atoms with Crippen LogP contribution in [0.4, 0.5) is 0 Å². The zero-order chi connectivity index (χ0) is 38.6. The number of hydrogen-bond acceptors (Lipinski definition) is 7. The van der Waals surface area contributed by atoms with E-state index in [1.807, 2.05) is 110 Å². The van der Waals surface area contributed by atoms with E-state index >= 15 is 9.59 Å². The Balaban J connectivity index is 1.83. The van der Waals surface area contributed by atoms with Gasteiger partial charge in [-0.1, -0.05) is 131 Å². The van der Waals surface area contributed by atoms with Gasteiger partial charge >= 0.3 is 5.97 Å². The maximum Gasteiger partial charge on any atom is 0.356 e. The smallest absolute Gasteiger partial charge is 0.356 e. The van der Waals surface area contributed by atoms with Crippen LogP contribution < -0.4 is 20.7 Å². The van der Waals surface area contributed by atoms with Gasteiger partial charge in [0.25, 0.3) is 0 Å². The number of methoxy groups -OCH3 is 1. The van der Waals surface area contributed by atoms with E-state index in [0.717, 1.165) is 21.5 Å². The predicted molar refractivity (Wildman–Crippen MR) is 216 cm³/mol. The number of ether oxygens (including phenoxy) is 2. The maximum atomic E-state index is 15.2. The van der Waals surface area contributed by atoms with Gasteiger partial charge in [0.1, 0.15) is 24.4 Å². The van der Waals surface area contributed by atoms with Crippen molar-refractivity contribution in [2.24, 2.45) is 11.8 Å². The fourth-order valence-corrected chi connectivity index (χ4v) is 12.8. The van der Waals surface area contributed by atoms with Crippen LogP contribution in [0.3, 0.4) is 0 Å². The molecule has 1 fully saturated rings. The van der Waals surface area contributed by atoms with E-state index in [2.05, 4.69) is 33.9 Å². The first-order valence-electron chi connectivity index (χ1n) is 18.1. The summed E-state index contributed by atoms with van der Waals surface area (Å²) in [4.78, 5) is 45.3. The Morgan fingerprint density at radius 3 is 1.70 bits per heavy atom. The van der Waals surface area contributed by atoms with Crippen molar-refractivity contribution in [3.8, 4) is 5.75 Å². The lowest BCUT2D eigenvalue weighted by Crippen LogP contribution is -2.71. The second-order valence-corrected chi connectivity index (χ2v) is 23.2. The van der Waals surface area contributed by atoms with Gasteiger partial charge < -0.3 is 23.9 Å². The van der Waals surface area contributed by atoms with Crippen LogP contribution >= 0.6 is 6.89 Å². The number of aliphatic hydroxyl groups is 1. The summed E-state index contributed by atoms with van der Waals surface area (Å²) in [5.74, 6) is -2.30. The van der Waals surface area contributed by atoms with Gasteiger partial charge in [0.2, 0.25) is 5.91 Å². The van der Waals surface area contributed by atoms with Gasteiger partial charge in [-0.15, -0.1) is 0 Å². The number of carbonyl (C=O) groups is 3. The fraction of sp³-hybridized carbons (Fsp3) is 0.349. The lowest BCUT2D eigenvalue weighted by atomic mass is 9.75. The first-order chi connectivity index (χ1) is 25.2.